The molecular weight excluding hydrogens is 430 g/mol. The molecule has 2 amide bonds. The second-order valence-electron chi connectivity index (χ2n) is 7.81. The second kappa shape index (κ2) is 8.49. The average Bonchev–Trinajstić information content (AvgIpc) is 3.57. The fourth-order valence-corrected chi connectivity index (χ4v) is 3.99. The standard InChI is InChI=1S/C21H21Cl2FN4O2/c1-28(13-2-3-13)10-11-6-15(22)19(16(23)7-11)21(30)26-12-4-5-25-18(8-12)27-20(29)14-9-17(14)24/h4-8,13-14,17H,2-3,9-10H2,1H3,(H2,25,26,27,29,30)/t14-,17+/m0/s1. The molecule has 0 unspecified atom stereocenters. The molecule has 2 aromatic rings. The number of amides is 2. The molecule has 1 aromatic carbocycles. The minimum Gasteiger partial charge on any atom is -0.322 e. The maximum Gasteiger partial charge on any atom is 0.258 e. The number of nitrogens with zero attached hydrogens (tertiary/aromatic N) is 2. The van der Waals surface area contributed by atoms with E-state index in [4.69, 9.17) is 23.2 Å². The Morgan fingerprint density at radius 1 is 1.20 bits per heavy atom. The van der Waals surface area contributed by atoms with Gasteiger partial charge in [-0.25, -0.2) is 9.37 Å². The summed E-state index contributed by atoms with van der Waals surface area (Å²) in [7, 11) is 2.05. The van der Waals surface area contributed by atoms with Crippen LogP contribution in [-0.2, 0) is 11.3 Å². The number of hydrogen-bond acceptors (Lipinski definition) is 4. The zero-order valence-electron chi connectivity index (χ0n) is 16.3. The number of nitrogens with one attached hydrogen (secondary N) is 2. The smallest absolute Gasteiger partial charge is 0.258 e. The maximum atomic E-state index is 13.0. The third-order valence-electron chi connectivity index (χ3n) is 5.25. The third kappa shape index (κ3) is 4.91. The summed E-state index contributed by atoms with van der Waals surface area (Å²) in [6.45, 7) is 0.708. The predicted octanol–water partition coefficient (Wildman–Crippen LogP) is 4.53. The summed E-state index contributed by atoms with van der Waals surface area (Å²) < 4.78 is 13.0. The van der Waals surface area contributed by atoms with Crippen LogP contribution in [0.4, 0.5) is 15.9 Å². The van der Waals surface area contributed by atoms with Gasteiger partial charge in [-0.05, 0) is 50.1 Å². The van der Waals surface area contributed by atoms with E-state index >= 15 is 0 Å². The Bertz CT molecular complexity index is 976. The van der Waals surface area contributed by atoms with Crippen molar-refractivity contribution in [1.29, 1.82) is 0 Å². The lowest BCUT2D eigenvalue weighted by Crippen LogP contribution is -2.20. The Labute approximate surface area is 183 Å². The topological polar surface area (TPSA) is 74.3 Å². The Hall–Kier alpha value is -2.22. The summed E-state index contributed by atoms with van der Waals surface area (Å²) in [5.74, 6) is -1.29. The monoisotopic (exact) mass is 450 g/mol. The first kappa shape index (κ1) is 21.0. The van der Waals surface area contributed by atoms with Gasteiger partial charge in [0.15, 0.2) is 0 Å². The molecule has 9 heteroatoms. The number of halogens is 3. The van der Waals surface area contributed by atoms with E-state index in [0.29, 0.717) is 18.3 Å². The largest absolute Gasteiger partial charge is 0.322 e. The average molecular weight is 451 g/mol. The van der Waals surface area contributed by atoms with Crippen LogP contribution in [0.15, 0.2) is 30.5 Å². The van der Waals surface area contributed by atoms with E-state index in [2.05, 4.69) is 27.6 Å². The lowest BCUT2D eigenvalue weighted by atomic mass is 10.1. The van der Waals surface area contributed by atoms with Gasteiger partial charge in [-0.2, -0.15) is 0 Å². The molecule has 0 radical (unpaired) electrons. The zero-order valence-corrected chi connectivity index (χ0v) is 17.8. The molecule has 2 aliphatic rings. The lowest BCUT2D eigenvalue weighted by Gasteiger charge is -2.17. The van der Waals surface area contributed by atoms with Gasteiger partial charge >= 0.3 is 0 Å². The first-order valence-corrected chi connectivity index (χ1v) is 10.5. The van der Waals surface area contributed by atoms with E-state index in [1.54, 1.807) is 18.2 Å². The normalized spacial score (nSPS) is 20.2. The summed E-state index contributed by atoms with van der Waals surface area (Å²) >= 11 is 12.7. The van der Waals surface area contributed by atoms with Gasteiger partial charge in [0.2, 0.25) is 5.91 Å². The Balaban J connectivity index is 1.44. The first-order valence-electron chi connectivity index (χ1n) is 9.72. The first-order chi connectivity index (χ1) is 14.3. The molecule has 0 spiro atoms. The van der Waals surface area contributed by atoms with E-state index in [1.165, 1.54) is 25.1 Å². The van der Waals surface area contributed by atoms with Crippen molar-refractivity contribution in [2.45, 2.75) is 38.0 Å². The minimum absolute atomic E-state index is 0.178. The highest BCUT2D eigenvalue weighted by atomic mass is 35.5. The lowest BCUT2D eigenvalue weighted by molar-refractivity contribution is -0.117. The molecule has 158 valence electrons. The SMILES string of the molecule is CN(Cc1cc(Cl)c(C(=O)Nc2ccnc(NC(=O)[C@H]3C[C@H]3F)c2)c(Cl)c1)C1CC1. The van der Waals surface area contributed by atoms with E-state index in [-0.39, 0.29) is 27.8 Å². The minimum atomic E-state index is -1.09. The molecule has 0 saturated heterocycles. The van der Waals surface area contributed by atoms with Gasteiger partial charge in [0.1, 0.15) is 12.0 Å². The number of benzene rings is 1. The number of hydrogen-bond donors (Lipinski definition) is 2. The molecule has 2 N–H and O–H groups in total. The van der Waals surface area contributed by atoms with Gasteiger partial charge in [-0.3, -0.25) is 14.5 Å². The number of carbonyl (C=O) groups is 2. The Morgan fingerprint density at radius 3 is 2.47 bits per heavy atom. The Morgan fingerprint density at radius 2 is 1.87 bits per heavy atom. The number of anilines is 2. The molecule has 0 aliphatic heterocycles. The van der Waals surface area contributed by atoms with Crippen LogP contribution in [0.25, 0.3) is 0 Å². The number of carbonyl (C=O) groups excluding carboxylic acids is 2. The van der Waals surface area contributed by atoms with Crippen molar-refractivity contribution in [1.82, 2.24) is 9.88 Å². The van der Waals surface area contributed by atoms with Crippen LogP contribution < -0.4 is 10.6 Å². The van der Waals surface area contributed by atoms with Crippen LogP contribution in [0.1, 0.15) is 35.2 Å². The molecule has 1 heterocycles. The molecule has 2 aliphatic carbocycles. The molecule has 1 aromatic heterocycles. The van der Waals surface area contributed by atoms with Gasteiger partial charge in [-0.15, -0.1) is 0 Å². The molecule has 2 fully saturated rings. The molecular formula is C21H21Cl2FN4O2. The van der Waals surface area contributed by atoms with Crippen LogP contribution in [-0.4, -0.2) is 41.0 Å². The van der Waals surface area contributed by atoms with Crippen LogP contribution in [0.5, 0.6) is 0 Å². The molecule has 30 heavy (non-hydrogen) atoms. The fraction of sp³-hybridized carbons (Fsp3) is 0.381. The quantitative estimate of drug-likeness (QED) is 0.649. The van der Waals surface area contributed by atoms with E-state index in [9.17, 15) is 14.0 Å². The van der Waals surface area contributed by atoms with Gasteiger partial charge in [0.25, 0.3) is 5.91 Å². The van der Waals surface area contributed by atoms with Crippen molar-refractivity contribution in [3.8, 4) is 0 Å². The second-order valence-corrected chi connectivity index (χ2v) is 8.63. The highest BCUT2D eigenvalue weighted by molar-refractivity contribution is 6.40. The fourth-order valence-electron chi connectivity index (χ4n) is 3.29. The van der Waals surface area contributed by atoms with Gasteiger partial charge in [-0.1, -0.05) is 23.2 Å². The summed E-state index contributed by atoms with van der Waals surface area (Å²) in [4.78, 5) is 30.9. The van der Waals surface area contributed by atoms with Gasteiger partial charge in [0, 0.05) is 30.5 Å². The van der Waals surface area contributed by atoms with Crippen LogP contribution in [0.3, 0.4) is 0 Å². The van der Waals surface area contributed by atoms with Gasteiger partial charge < -0.3 is 10.6 Å². The highest BCUT2D eigenvalue weighted by Crippen LogP contribution is 2.35. The van der Waals surface area contributed by atoms with Crippen LogP contribution >= 0.6 is 23.2 Å². The van der Waals surface area contributed by atoms with Crippen molar-refractivity contribution < 1.29 is 14.0 Å². The number of rotatable bonds is 7. The van der Waals surface area contributed by atoms with E-state index < -0.39 is 23.9 Å². The summed E-state index contributed by atoms with van der Waals surface area (Å²) in [5.41, 5.74) is 1.52. The maximum absolute atomic E-state index is 13.0. The zero-order chi connectivity index (χ0) is 21.4. The summed E-state index contributed by atoms with van der Waals surface area (Å²) in [5, 5.41) is 5.80. The summed E-state index contributed by atoms with van der Waals surface area (Å²) in [6, 6.07) is 7.17. The predicted molar refractivity (Wildman–Crippen MR) is 115 cm³/mol. The summed E-state index contributed by atoms with van der Waals surface area (Å²) in [6.07, 6.45) is 2.96. The van der Waals surface area contributed by atoms with Crippen molar-refractivity contribution in [3.05, 3.63) is 51.6 Å². The Kier molecular flexibility index (Phi) is 5.95. The highest BCUT2D eigenvalue weighted by Gasteiger charge is 2.43. The third-order valence-corrected chi connectivity index (χ3v) is 5.85. The van der Waals surface area contributed by atoms with Crippen molar-refractivity contribution in [2.75, 3.05) is 17.7 Å². The van der Waals surface area contributed by atoms with Crippen molar-refractivity contribution >= 4 is 46.5 Å². The van der Waals surface area contributed by atoms with E-state index in [0.717, 1.165) is 5.56 Å². The number of aromatic nitrogens is 1. The molecule has 2 atom stereocenters. The molecule has 6 nitrogen and oxygen atoms in total. The number of alkyl halides is 1. The van der Waals surface area contributed by atoms with Crippen molar-refractivity contribution in [3.63, 3.8) is 0 Å². The molecule has 0 bridgehead atoms. The van der Waals surface area contributed by atoms with Gasteiger partial charge in [0.05, 0.1) is 21.5 Å². The molecule has 4 rings (SSSR count). The van der Waals surface area contributed by atoms with Crippen molar-refractivity contribution in [2.24, 2.45) is 5.92 Å². The van der Waals surface area contributed by atoms with Crippen LogP contribution in [0.2, 0.25) is 10.0 Å². The number of pyridine rings is 1. The molecule has 2 saturated carbocycles. The van der Waals surface area contributed by atoms with E-state index in [1.807, 2.05) is 0 Å². The van der Waals surface area contributed by atoms with Crippen LogP contribution in [0, 0.1) is 5.92 Å².